The van der Waals surface area contributed by atoms with Gasteiger partial charge in [0.1, 0.15) is 0 Å². The van der Waals surface area contributed by atoms with E-state index in [0.717, 1.165) is 5.02 Å². The Morgan fingerprint density at radius 2 is 2.25 bits per heavy atom. The molecule has 0 saturated heterocycles. The van der Waals surface area contributed by atoms with Crippen LogP contribution < -0.4 is 5.32 Å². The van der Waals surface area contributed by atoms with E-state index in [9.17, 15) is 0 Å². The SMILES string of the molecule is CC(NC1CCCc2sc(Br)cc21)c1cccc(Cl)c1. The first kappa shape index (κ1) is 14.6. The van der Waals surface area contributed by atoms with E-state index in [1.165, 1.54) is 39.1 Å². The van der Waals surface area contributed by atoms with E-state index >= 15 is 0 Å². The Balaban J connectivity index is 1.78. The molecule has 1 N–H and O–H groups in total. The van der Waals surface area contributed by atoms with Gasteiger partial charge in [0.25, 0.3) is 0 Å². The molecule has 0 aliphatic heterocycles. The second kappa shape index (κ2) is 6.18. The maximum atomic E-state index is 6.08. The fraction of sp³-hybridized carbons (Fsp3) is 0.375. The molecule has 0 radical (unpaired) electrons. The molecule has 4 heteroatoms. The number of aryl methyl sites for hydroxylation is 1. The molecule has 0 bridgehead atoms. The summed E-state index contributed by atoms with van der Waals surface area (Å²) < 4.78 is 1.24. The summed E-state index contributed by atoms with van der Waals surface area (Å²) >= 11 is 11.6. The van der Waals surface area contributed by atoms with Crippen molar-refractivity contribution < 1.29 is 0 Å². The Morgan fingerprint density at radius 3 is 3.05 bits per heavy atom. The summed E-state index contributed by atoms with van der Waals surface area (Å²) in [7, 11) is 0. The van der Waals surface area contributed by atoms with E-state index < -0.39 is 0 Å². The maximum Gasteiger partial charge on any atom is 0.0704 e. The van der Waals surface area contributed by atoms with Gasteiger partial charge in [-0.15, -0.1) is 11.3 Å². The number of rotatable bonds is 3. The molecule has 1 nitrogen and oxygen atoms in total. The normalized spacial score (nSPS) is 19.6. The molecule has 2 unspecified atom stereocenters. The van der Waals surface area contributed by atoms with Crippen LogP contribution in [0, 0.1) is 0 Å². The van der Waals surface area contributed by atoms with Gasteiger partial charge >= 0.3 is 0 Å². The largest absolute Gasteiger partial charge is 0.303 e. The van der Waals surface area contributed by atoms with Crippen LogP contribution in [0.15, 0.2) is 34.1 Å². The van der Waals surface area contributed by atoms with Gasteiger partial charge in [-0.25, -0.2) is 0 Å². The van der Waals surface area contributed by atoms with Crippen LogP contribution in [0.5, 0.6) is 0 Å². The Kier molecular flexibility index (Phi) is 4.51. The smallest absolute Gasteiger partial charge is 0.0704 e. The van der Waals surface area contributed by atoms with E-state index in [1.54, 1.807) is 0 Å². The summed E-state index contributed by atoms with van der Waals surface area (Å²) in [5, 5.41) is 4.56. The number of thiophene rings is 1. The Bertz CT molecular complexity index is 610. The monoisotopic (exact) mass is 369 g/mol. The average molecular weight is 371 g/mol. The van der Waals surface area contributed by atoms with Crippen molar-refractivity contribution in [3.05, 3.63) is 55.1 Å². The number of hydrogen-bond donors (Lipinski definition) is 1. The molecule has 2 aromatic rings. The van der Waals surface area contributed by atoms with E-state index in [1.807, 2.05) is 29.5 Å². The summed E-state index contributed by atoms with van der Waals surface area (Å²) in [6, 6.07) is 11.2. The fourth-order valence-corrected chi connectivity index (χ4v) is 4.89. The molecule has 1 aromatic carbocycles. The molecule has 0 saturated carbocycles. The van der Waals surface area contributed by atoms with Crippen molar-refractivity contribution in [3.8, 4) is 0 Å². The summed E-state index contributed by atoms with van der Waals surface area (Å²) in [5.41, 5.74) is 2.72. The number of benzene rings is 1. The lowest BCUT2D eigenvalue weighted by Gasteiger charge is -2.27. The summed E-state index contributed by atoms with van der Waals surface area (Å²) in [6.45, 7) is 2.21. The van der Waals surface area contributed by atoms with Crippen molar-refractivity contribution in [2.75, 3.05) is 0 Å². The van der Waals surface area contributed by atoms with Gasteiger partial charge in [-0.3, -0.25) is 0 Å². The molecule has 0 fully saturated rings. The van der Waals surface area contributed by atoms with Crippen LogP contribution in [0.25, 0.3) is 0 Å². The van der Waals surface area contributed by atoms with Crippen molar-refractivity contribution in [2.24, 2.45) is 0 Å². The minimum Gasteiger partial charge on any atom is -0.303 e. The van der Waals surface area contributed by atoms with Crippen molar-refractivity contribution in [3.63, 3.8) is 0 Å². The van der Waals surface area contributed by atoms with Gasteiger partial charge in [-0.1, -0.05) is 23.7 Å². The molecule has 3 rings (SSSR count). The molecule has 1 aliphatic rings. The quantitative estimate of drug-likeness (QED) is 0.710. The number of fused-ring (bicyclic) bond motifs is 1. The van der Waals surface area contributed by atoms with Gasteiger partial charge in [0.05, 0.1) is 3.79 Å². The van der Waals surface area contributed by atoms with Crippen molar-refractivity contribution in [1.82, 2.24) is 5.32 Å². The van der Waals surface area contributed by atoms with Gasteiger partial charge < -0.3 is 5.32 Å². The predicted octanol–water partition coefficient (Wildman–Crippen LogP) is 5.89. The number of hydrogen-bond acceptors (Lipinski definition) is 2. The Morgan fingerprint density at radius 1 is 1.40 bits per heavy atom. The highest BCUT2D eigenvalue weighted by Crippen LogP contribution is 2.39. The van der Waals surface area contributed by atoms with Crippen LogP contribution in [-0.4, -0.2) is 0 Å². The van der Waals surface area contributed by atoms with Gasteiger partial charge in [0.2, 0.25) is 0 Å². The van der Waals surface area contributed by atoms with Crippen LogP contribution in [0.2, 0.25) is 5.02 Å². The van der Waals surface area contributed by atoms with Crippen LogP contribution >= 0.6 is 38.9 Å². The zero-order valence-electron chi connectivity index (χ0n) is 11.3. The zero-order valence-corrected chi connectivity index (χ0v) is 14.5. The molecule has 20 heavy (non-hydrogen) atoms. The zero-order chi connectivity index (χ0) is 14.1. The van der Waals surface area contributed by atoms with Crippen molar-refractivity contribution >= 4 is 38.9 Å². The van der Waals surface area contributed by atoms with E-state index in [4.69, 9.17) is 11.6 Å². The Labute approximate surface area is 137 Å². The topological polar surface area (TPSA) is 12.0 Å². The van der Waals surface area contributed by atoms with Gasteiger partial charge in [0.15, 0.2) is 0 Å². The minimum atomic E-state index is 0.309. The lowest BCUT2D eigenvalue weighted by Crippen LogP contribution is -2.27. The van der Waals surface area contributed by atoms with Gasteiger partial charge in [-0.05, 0) is 71.4 Å². The molecule has 0 amide bonds. The first-order chi connectivity index (χ1) is 9.63. The fourth-order valence-electron chi connectivity index (χ4n) is 2.87. The molecular weight excluding hydrogens is 354 g/mol. The predicted molar refractivity (Wildman–Crippen MR) is 90.7 cm³/mol. The average Bonchev–Trinajstić information content (AvgIpc) is 2.80. The first-order valence-corrected chi connectivity index (χ1v) is 8.92. The number of halogens is 2. The Hall–Kier alpha value is -0.350. The molecule has 1 aliphatic carbocycles. The second-order valence-electron chi connectivity index (χ2n) is 5.32. The molecule has 2 atom stereocenters. The second-order valence-corrected chi connectivity index (χ2v) is 8.27. The van der Waals surface area contributed by atoms with Crippen molar-refractivity contribution in [1.29, 1.82) is 0 Å². The van der Waals surface area contributed by atoms with Gasteiger partial charge in [-0.2, -0.15) is 0 Å². The van der Waals surface area contributed by atoms with Crippen LogP contribution in [0.1, 0.15) is 47.9 Å². The third-order valence-electron chi connectivity index (χ3n) is 3.88. The summed E-state index contributed by atoms with van der Waals surface area (Å²) in [5.74, 6) is 0. The molecule has 106 valence electrons. The van der Waals surface area contributed by atoms with E-state index in [-0.39, 0.29) is 0 Å². The molecular formula is C16H17BrClNS. The maximum absolute atomic E-state index is 6.08. The third kappa shape index (κ3) is 3.11. The highest BCUT2D eigenvalue weighted by atomic mass is 79.9. The minimum absolute atomic E-state index is 0.309. The number of nitrogens with one attached hydrogen (secondary N) is 1. The molecule has 1 aromatic heterocycles. The third-order valence-corrected chi connectivity index (χ3v) is 5.83. The molecule has 0 spiro atoms. The van der Waals surface area contributed by atoms with E-state index in [2.05, 4.69) is 40.3 Å². The van der Waals surface area contributed by atoms with Crippen LogP contribution in [0.3, 0.4) is 0 Å². The summed E-state index contributed by atoms with van der Waals surface area (Å²) in [4.78, 5) is 1.53. The van der Waals surface area contributed by atoms with Gasteiger partial charge in [0, 0.05) is 22.0 Å². The first-order valence-electron chi connectivity index (χ1n) is 6.93. The summed E-state index contributed by atoms with van der Waals surface area (Å²) in [6.07, 6.45) is 3.69. The molecule has 1 heterocycles. The van der Waals surface area contributed by atoms with Crippen molar-refractivity contribution in [2.45, 2.75) is 38.3 Å². The van der Waals surface area contributed by atoms with Crippen LogP contribution in [-0.2, 0) is 6.42 Å². The lowest BCUT2D eigenvalue weighted by molar-refractivity contribution is 0.418. The highest BCUT2D eigenvalue weighted by Gasteiger charge is 2.24. The highest BCUT2D eigenvalue weighted by molar-refractivity contribution is 9.11. The van der Waals surface area contributed by atoms with E-state index in [0.29, 0.717) is 12.1 Å². The lowest BCUT2D eigenvalue weighted by atomic mass is 9.93. The standard InChI is InChI=1S/C16H17BrClNS/c1-10(11-4-2-5-12(18)8-11)19-14-6-3-7-15-13(14)9-16(17)20-15/h2,4-5,8-10,14,19H,3,6-7H2,1H3. The van der Waals surface area contributed by atoms with Crippen LogP contribution in [0.4, 0.5) is 0 Å².